The van der Waals surface area contributed by atoms with Gasteiger partial charge in [-0.1, -0.05) is 67.5 Å². The average Bonchev–Trinajstić information content (AvgIpc) is 3.51. The highest BCUT2D eigenvalue weighted by Crippen LogP contribution is 2.77. The van der Waals surface area contributed by atoms with Crippen LogP contribution in [-0.2, 0) is 23.9 Å². The van der Waals surface area contributed by atoms with Crippen LogP contribution >= 0.6 is 0 Å². The van der Waals surface area contributed by atoms with Crippen LogP contribution < -0.4 is 16.2 Å². The summed E-state index contributed by atoms with van der Waals surface area (Å²) >= 11 is 0. The third-order valence-electron chi connectivity index (χ3n) is 18.0. The summed E-state index contributed by atoms with van der Waals surface area (Å²) in [7, 11) is 0. The summed E-state index contributed by atoms with van der Waals surface area (Å²) in [6.07, 6.45) is 7.47. The zero-order valence-electron chi connectivity index (χ0n) is 39.7. The highest BCUT2D eigenvalue weighted by atomic mass is 16.5. The molecular weight excluding hydrogens is 777 g/mol. The van der Waals surface area contributed by atoms with Crippen LogP contribution in [0.25, 0.3) is 0 Å². The maximum absolute atomic E-state index is 14.5. The molecule has 10 heteroatoms. The molecule has 0 amide bonds. The summed E-state index contributed by atoms with van der Waals surface area (Å²) in [6, 6.07) is 9.67. The zero-order chi connectivity index (χ0) is 46.0. The van der Waals surface area contributed by atoms with E-state index < -0.39 is 29.0 Å². The number of aliphatic carboxylic acids is 1. The maximum atomic E-state index is 14.5. The van der Waals surface area contributed by atoms with E-state index in [4.69, 9.17) is 15.3 Å². The predicted molar refractivity (Wildman–Crippen MR) is 244 cm³/mol. The van der Waals surface area contributed by atoms with Crippen LogP contribution in [0.5, 0.6) is 0 Å². The van der Waals surface area contributed by atoms with Gasteiger partial charge in [0.05, 0.1) is 28.9 Å². The van der Waals surface area contributed by atoms with E-state index in [1.54, 1.807) is 26.0 Å². The lowest BCUT2D eigenvalue weighted by molar-refractivity contribution is -0.235. The number of ketones is 1. The third kappa shape index (κ3) is 7.75. The van der Waals surface area contributed by atoms with Crippen LogP contribution in [0.2, 0.25) is 0 Å². The van der Waals surface area contributed by atoms with Gasteiger partial charge in [-0.15, -0.1) is 0 Å². The van der Waals surface area contributed by atoms with E-state index in [9.17, 15) is 24.8 Å². The highest BCUT2D eigenvalue weighted by molar-refractivity contribution is 6.00. The Bertz CT molecular complexity index is 2030. The largest absolute Gasteiger partial charge is 0.481 e. The number of carboxylic acid groups (broad SMARTS) is 1. The molecule has 0 spiro atoms. The molecule has 0 radical (unpaired) electrons. The van der Waals surface area contributed by atoms with Crippen molar-refractivity contribution >= 4 is 23.4 Å². The molecule has 6 rings (SSSR count). The van der Waals surface area contributed by atoms with Crippen molar-refractivity contribution in [3.8, 4) is 6.07 Å². The lowest BCUT2D eigenvalue weighted by Crippen LogP contribution is -2.66. The minimum atomic E-state index is -1.19. The van der Waals surface area contributed by atoms with Crippen LogP contribution in [0.1, 0.15) is 152 Å². The Balaban J connectivity index is 1.31. The fraction of sp³-hybridized carbons (Fsp3) is 0.692. The van der Waals surface area contributed by atoms with Gasteiger partial charge >= 0.3 is 11.9 Å². The molecule has 4 N–H and O–H groups in total. The normalized spacial score (nSPS) is 33.5. The Morgan fingerprint density at radius 1 is 0.984 bits per heavy atom. The number of nitrogens with two attached hydrogens (primary N) is 1. The Hall–Kier alpha value is -3.94. The number of esters is 1. The second-order valence-corrected chi connectivity index (χ2v) is 22.5. The van der Waals surface area contributed by atoms with Crippen molar-refractivity contribution in [2.24, 2.45) is 67.9 Å². The van der Waals surface area contributed by atoms with Crippen molar-refractivity contribution in [2.75, 3.05) is 11.4 Å². The minimum Gasteiger partial charge on any atom is -0.481 e. The van der Waals surface area contributed by atoms with Crippen LogP contribution in [0.3, 0.4) is 0 Å². The molecule has 0 aromatic heterocycles. The first-order valence-electron chi connectivity index (χ1n) is 23.3. The van der Waals surface area contributed by atoms with Crippen LogP contribution in [0, 0.1) is 73.4 Å². The standard InChI is InChI=1S/C52H76N4O6/c1-31(2)33(5)22-27-56(36-16-14-35(30-53)15-17-36)34(6)61-45(55-54)52-26-25-50(12)37(44(52)43(32(3)4)38(57)28-52)18-19-40-49(11)23-21-41(62-42(58)29-47(7,8)46(59)60)48(9,10)39(49)20-24-51(40,50)13/h14-17,32-33,37,39-41,45,55H,1,6,18-29,54H2,2-5,7-13H3,(H,59,60). The Kier molecular flexibility index (Phi) is 12.9. The molecule has 1 aromatic rings. The van der Waals surface area contributed by atoms with Crippen LogP contribution in [0.15, 0.2) is 60.0 Å². The molecule has 4 fully saturated rings. The minimum absolute atomic E-state index is 0.0123. The van der Waals surface area contributed by atoms with Gasteiger partial charge in [0.25, 0.3) is 0 Å². The Morgan fingerprint density at radius 2 is 1.65 bits per heavy atom. The SMILES string of the molecule is C=C(C)C(C)CCN(C(=C)OC(NN)C12CCC3(C)C(CCC4C5(C)CCC(OC(=O)CC(C)(C)C(=O)O)C(C)(C)C5CCC43C)C1=C(C(C)C)C(=O)C2)c1ccc(C#N)cc1. The monoisotopic (exact) mass is 853 g/mol. The number of ether oxygens (including phenoxy) is 2. The summed E-state index contributed by atoms with van der Waals surface area (Å²) < 4.78 is 13.2. The Morgan fingerprint density at radius 3 is 2.23 bits per heavy atom. The number of nitriles is 1. The van der Waals surface area contributed by atoms with Gasteiger partial charge in [0, 0.05) is 24.1 Å². The molecule has 0 saturated heterocycles. The van der Waals surface area contributed by atoms with Crippen molar-refractivity contribution < 1.29 is 29.0 Å². The number of nitrogens with zero attached hydrogens (tertiary/aromatic N) is 2. The van der Waals surface area contributed by atoms with Gasteiger partial charge in [-0.2, -0.15) is 5.26 Å². The summed E-state index contributed by atoms with van der Waals surface area (Å²) in [5.74, 6) is 7.01. The molecule has 0 aliphatic heterocycles. The smallest absolute Gasteiger partial charge is 0.309 e. The van der Waals surface area contributed by atoms with E-state index in [1.165, 1.54) is 5.57 Å². The van der Waals surface area contributed by atoms with E-state index in [2.05, 4.69) is 84.9 Å². The summed E-state index contributed by atoms with van der Waals surface area (Å²) in [5, 5.41) is 19.2. The number of benzene rings is 1. The number of carbonyl (C=O) groups excluding carboxylic acids is 2. The molecule has 5 aliphatic rings. The highest BCUT2D eigenvalue weighted by Gasteiger charge is 2.71. The van der Waals surface area contributed by atoms with Crippen molar-refractivity contribution in [1.82, 2.24) is 5.43 Å². The number of hydrogen-bond acceptors (Lipinski definition) is 9. The number of nitrogens with one attached hydrogen (secondary N) is 1. The first-order valence-corrected chi connectivity index (χ1v) is 23.3. The number of hydrogen-bond donors (Lipinski definition) is 3. The summed E-state index contributed by atoms with van der Waals surface area (Å²) in [5.41, 5.74) is 5.62. The third-order valence-corrected chi connectivity index (χ3v) is 18.0. The summed E-state index contributed by atoms with van der Waals surface area (Å²) in [6.45, 7) is 33.1. The molecule has 340 valence electrons. The molecule has 1 aromatic carbocycles. The van der Waals surface area contributed by atoms with Crippen LogP contribution in [-0.4, -0.2) is 41.7 Å². The second-order valence-electron chi connectivity index (χ2n) is 22.5. The lowest BCUT2D eigenvalue weighted by atomic mass is 9.33. The fourth-order valence-electron chi connectivity index (χ4n) is 14.0. The van der Waals surface area contributed by atoms with E-state index >= 15 is 0 Å². The van der Waals surface area contributed by atoms with Gasteiger partial charge < -0.3 is 19.5 Å². The molecule has 10 atom stereocenters. The van der Waals surface area contributed by atoms with E-state index in [0.29, 0.717) is 36.2 Å². The lowest BCUT2D eigenvalue weighted by Gasteiger charge is -2.72. The molecule has 10 nitrogen and oxygen atoms in total. The van der Waals surface area contributed by atoms with Crippen molar-refractivity contribution in [3.05, 3.63) is 65.6 Å². The molecule has 10 unspecified atom stereocenters. The van der Waals surface area contributed by atoms with Gasteiger partial charge in [0.2, 0.25) is 0 Å². The molecule has 4 saturated carbocycles. The second kappa shape index (κ2) is 16.9. The topological polar surface area (TPSA) is 155 Å². The number of allylic oxidation sites excluding steroid dienone is 2. The molecule has 5 aliphatic carbocycles. The fourth-order valence-corrected chi connectivity index (χ4v) is 14.0. The van der Waals surface area contributed by atoms with Gasteiger partial charge in [-0.25, -0.2) is 5.43 Å². The number of fused-ring (bicyclic) bond motifs is 7. The first kappa shape index (κ1) is 47.5. The molecule has 0 heterocycles. The van der Waals surface area contributed by atoms with Gasteiger partial charge in [0.1, 0.15) is 6.10 Å². The number of Topliss-reactive ketones (excluding diaryl/α,β-unsaturated/α-hetero) is 1. The maximum Gasteiger partial charge on any atom is 0.309 e. The van der Waals surface area contributed by atoms with E-state index in [0.717, 1.165) is 74.6 Å². The molecule has 62 heavy (non-hydrogen) atoms. The molecular formula is C52H76N4O6. The quantitative estimate of drug-likeness (QED) is 0.0388. The number of hydrazine groups is 1. The Labute approximate surface area is 372 Å². The zero-order valence-corrected chi connectivity index (χ0v) is 39.7. The number of rotatable bonds is 15. The summed E-state index contributed by atoms with van der Waals surface area (Å²) in [4.78, 5) is 41.6. The van der Waals surface area contributed by atoms with E-state index in [-0.39, 0.29) is 57.7 Å². The number of carbonyl (C=O) groups is 3. The van der Waals surface area contributed by atoms with Gasteiger partial charge in [-0.3, -0.25) is 20.2 Å². The first-order chi connectivity index (χ1) is 28.8. The van der Waals surface area contributed by atoms with Gasteiger partial charge in [0.15, 0.2) is 17.9 Å². The number of anilines is 1. The number of carboxylic acids is 1. The van der Waals surface area contributed by atoms with Crippen molar-refractivity contribution in [2.45, 2.75) is 159 Å². The molecule has 0 bridgehead atoms. The average molecular weight is 853 g/mol. The van der Waals surface area contributed by atoms with Crippen molar-refractivity contribution in [3.63, 3.8) is 0 Å². The van der Waals surface area contributed by atoms with Gasteiger partial charge in [-0.05, 0) is 166 Å². The van der Waals surface area contributed by atoms with E-state index in [1.807, 2.05) is 19.1 Å². The van der Waals surface area contributed by atoms with Crippen LogP contribution in [0.4, 0.5) is 5.69 Å². The van der Waals surface area contributed by atoms with Crippen molar-refractivity contribution in [1.29, 1.82) is 5.26 Å². The predicted octanol–water partition coefficient (Wildman–Crippen LogP) is 10.6.